The molecule has 7 heteroatoms. The molecule has 1 atom stereocenters. The molecule has 0 saturated heterocycles. The third kappa shape index (κ3) is 3.97. The highest BCUT2D eigenvalue weighted by Gasteiger charge is 2.23. The summed E-state index contributed by atoms with van der Waals surface area (Å²) < 4.78 is 0. The number of H-pyrrole nitrogens is 1. The molecule has 0 aliphatic rings. The number of aromatic nitrogens is 2. The molecule has 1 rings (SSSR count). The fourth-order valence-electron chi connectivity index (χ4n) is 1.40. The Morgan fingerprint density at radius 2 is 2.26 bits per heavy atom. The average Bonchev–Trinajstić information content (AvgIpc) is 2.74. The predicted molar refractivity (Wildman–Crippen MR) is 73.0 cm³/mol. The number of carbonyl (C=O) groups is 1. The van der Waals surface area contributed by atoms with Crippen LogP contribution in [0, 0.1) is 11.3 Å². The van der Waals surface area contributed by atoms with E-state index in [1.54, 1.807) is 0 Å². The number of rotatable bonds is 4. The van der Waals surface area contributed by atoms with Crippen LogP contribution in [0.3, 0.4) is 0 Å². The topological polar surface area (TPSA) is 116 Å². The van der Waals surface area contributed by atoms with E-state index >= 15 is 0 Å². The van der Waals surface area contributed by atoms with E-state index in [1.165, 1.54) is 6.20 Å². The SMILES string of the molecule is CC(CC(=O)Nc1[nH]ncc1C(N)=NO)C(C)(C)C. The fraction of sp³-hybridized carbons (Fsp3) is 0.583. The Hall–Kier alpha value is -2.05. The minimum absolute atomic E-state index is 0.0553. The number of aromatic amines is 1. The first kappa shape index (κ1) is 15.0. The van der Waals surface area contributed by atoms with Crippen molar-refractivity contribution in [2.75, 3.05) is 5.32 Å². The lowest BCUT2D eigenvalue weighted by atomic mass is 9.80. The van der Waals surface area contributed by atoms with Gasteiger partial charge in [-0.25, -0.2) is 0 Å². The molecule has 0 spiro atoms. The molecule has 5 N–H and O–H groups in total. The third-order valence-electron chi connectivity index (χ3n) is 3.26. The quantitative estimate of drug-likeness (QED) is 0.286. The van der Waals surface area contributed by atoms with E-state index in [-0.39, 0.29) is 23.1 Å². The number of anilines is 1. The minimum atomic E-state index is -0.140. The Labute approximate surface area is 112 Å². The van der Waals surface area contributed by atoms with Gasteiger partial charge in [-0.2, -0.15) is 5.10 Å². The first-order valence-electron chi connectivity index (χ1n) is 6.06. The molecule has 0 aromatic carbocycles. The van der Waals surface area contributed by atoms with Gasteiger partial charge >= 0.3 is 0 Å². The van der Waals surface area contributed by atoms with Gasteiger partial charge in [0.15, 0.2) is 5.84 Å². The van der Waals surface area contributed by atoms with Crippen LogP contribution in [0.1, 0.15) is 39.7 Å². The van der Waals surface area contributed by atoms with Crippen molar-refractivity contribution >= 4 is 17.6 Å². The van der Waals surface area contributed by atoms with Gasteiger partial charge in [0, 0.05) is 6.42 Å². The highest BCUT2D eigenvalue weighted by Crippen LogP contribution is 2.28. The van der Waals surface area contributed by atoms with E-state index < -0.39 is 0 Å². The molecule has 0 saturated carbocycles. The van der Waals surface area contributed by atoms with Crippen molar-refractivity contribution in [3.05, 3.63) is 11.8 Å². The van der Waals surface area contributed by atoms with Crippen LogP contribution in [0.5, 0.6) is 0 Å². The summed E-state index contributed by atoms with van der Waals surface area (Å²) >= 11 is 0. The molecule has 0 radical (unpaired) electrons. The summed E-state index contributed by atoms with van der Waals surface area (Å²) in [5, 5.41) is 20.6. The number of nitrogens with two attached hydrogens (primary N) is 1. The monoisotopic (exact) mass is 267 g/mol. The Bertz CT molecular complexity index is 473. The normalized spacial score (nSPS) is 14.2. The molecule has 0 fully saturated rings. The van der Waals surface area contributed by atoms with Gasteiger partial charge in [-0.05, 0) is 11.3 Å². The smallest absolute Gasteiger partial charge is 0.225 e. The second-order valence-corrected chi connectivity index (χ2v) is 5.66. The summed E-state index contributed by atoms with van der Waals surface area (Å²) in [6.07, 6.45) is 1.77. The largest absolute Gasteiger partial charge is 0.409 e. The first-order chi connectivity index (χ1) is 8.75. The molecule has 19 heavy (non-hydrogen) atoms. The van der Waals surface area contributed by atoms with Crippen molar-refractivity contribution in [1.29, 1.82) is 0 Å². The maximum absolute atomic E-state index is 11.9. The summed E-state index contributed by atoms with van der Waals surface area (Å²) in [4.78, 5) is 11.9. The number of carbonyl (C=O) groups excluding carboxylic acids is 1. The Morgan fingerprint density at radius 1 is 1.63 bits per heavy atom. The van der Waals surface area contributed by atoms with E-state index in [0.717, 1.165) is 0 Å². The zero-order valence-electron chi connectivity index (χ0n) is 11.7. The van der Waals surface area contributed by atoms with Gasteiger partial charge in [0.1, 0.15) is 5.82 Å². The molecule has 0 aliphatic heterocycles. The van der Waals surface area contributed by atoms with Crippen molar-refractivity contribution in [3.63, 3.8) is 0 Å². The number of nitrogens with zero attached hydrogens (tertiary/aromatic N) is 2. The molecule has 1 aromatic heterocycles. The molecule has 1 unspecified atom stereocenters. The number of hydrogen-bond donors (Lipinski definition) is 4. The van der Waals surface area contributed by atoms with Gasteiger partial charge in [-0.3, -0.25) is 9.89 Å². The summed E-state index contributed by atoms with van der Waals surface area (Å²) in [6, 6.07) is 0. The molecule has 1 amide bonds. The molecule has 106 valence electrons. The Kier molecular flexibility index (Phi) is 4.52. The van der Waals surface area contributed by atoms with Crippen LogP contribution in [-0.4, -0.2) is 27.1 Å². The first-order valence-corrected chi connectivity index (χ1v) is 6.06. The van der Waals surface area contributed by atoms with Crippen molar-refractivity contribution in [2.24, 2.45) is 22.2 Å². The van der Waals surface area contributed by atoms with Crippen molar-refractivity contribution in [3.8, 4) is 0 Å². The van der Waals surface area contributed by atoms with Gasteiger partial charge < -0.3 is 16.3 Å². The summed E-state index contributed by atoms with van der Waals surface area (Å²) in [7, 11) is 0. The second kappa shape index (κ2) is 5.73. The van der Waals surface area contributed by atoms with Crippen LogP contribution in [0.15, 0.2) is 11.4 Å². The van der Waals surface area contributed by atoms with Gasteiger partial charge in [0.25, 0.3) is 0 Å². The fourth-order valence-corrected chi connectivity index (χ4v) is 1.40. The van der Waals surface area contributed by atoms with Crippen LogP contribution in [0.4, 0.5) is 5.82 Å². The highest BCUT2D eigenvalue weighted by atomic mass is 16.4. The van der Waals surface area contributed by atoms with E-state index in [0.29, 0.717) is 17.8 Å². The molecular weight excluding hydrogens is 246 g/mol. The van der Waals surface area contributed by atoms with Gasteiger partial charge in [0.05, 0.1) is 11.8 Å². The minimum Gasteiger partial charge on any atom is -0.409 e. The van der Waals surface area contributed by atoms with Crippen LogP contribution in [0.25, 0.3) is 0 Å². The van der Waals surface area contributed by atoms with Crippen molar-refractivity contribution < 1.29 is 10.0 Å². The number of oxime groups is 1. The second-order valence-electron chi connectivity index (χ2n) is 5.66. The van der Waals surface area contributed by atoms with Crippen LogP contribution >= 0.6 is 0 Å². The third-order valence-corrected chi connectivity index (χ3v) is 3.26. The van der Waals surface area contributed by atoms with Crippen LogP contribution in [-0.2, 0) is 4.79 Å². The van der Waals surface area contributed by atoms with Crippen LogP contribution in [0.2, 0.25) is 0 Å². The lowest BCUT2D eigenvalue weighted by Gasteiger charge is -2.26. The number of hydrogen-bond acceptors (Lipinski definition) is 4. The highest BCUT2D eigenvalue weighted by molar-refractivity contribution is 6.04. The maximum atomic E-state index is 11.9. The number of nitrogens with one attached hydrogen (secondary N) is 2. The van der Waals surface area contributed by atoms with E-state index in [9.17, 15) is 4.79 Å². The van der Waals surface area contributed by atoms with E-state index in [4.69, 9.17) is 10.9 Å². The van der Waals surface area contributed by atoms with Crippen molar-refractivity contribution in [2.45, 2.75) is 34.1 Å². The zero-order chi connectivity index (χ0) is 14.6. The number of amidine groups is 1. The lowest BCUT2D eigenvalue weighted by Crippen LogP contribution is -2.25. The summed E-state index contributed by atoms with van der Waals surface area (Å²) in [5.41, 5.74) is 5.89. The zero-order valence-corrected chi connectivity index (χ0v) is 11.7. The molecule has 0 aliphatic carbocycles. The van der Waals surface area contributed by atoms with Crippen LogP contribution < -0.4 is 11.1 Å². The molecule has 7 nitrogen and oxygen atoms in total. The molecular formula is C12H21N5O2. The predicted octanol–water partition coefficient (Wildman–Crippen LogP) is 1.51. The van der Waals surface area contributed by atoms with E-state index in [1.807, 2.05) is 6.92 Å². The summed E-state index contributed by atoms with van der Waals surface area (Å²) in [6.45, 7) is 8.28. The average molecular weight is 267 g/mol. The van der Waals surface area contributed by atoms with Crippen molar-refractivity contribution in [1.82, 2.24) is 10.2 Å². The Morgan fingerprint density at radius 3 is 2.79 bits per heavy atom. The maximum Gasteiger partial charge on any atom is 0.225 e. The standard InChI is InChI=1S/C12H21N5O2/c1-7(12(2,3)4)5-9(18)15-11-8(6-14-16-11)10(13)17-19/h6-7,19H,5H2,1-4H3,(H2,13,17)(H2,14,15,16,18). The number of amides is 1. The Balaban J connectivity index is 2.71. The van der Waals surface area contributed by atoms with E-state index in [2.05, 4.69) is 41.4 Å². The molecule has 1 heterocycles. The lowest BCUT2D eigenvalue weighted by molar-refractivity contribution is -0.117. The molecule has 0 bridgehead atoms. The van der Waals surface area contributed by atoms with Gasteiger partial charge in [0.2, 0.25) is 5.91 Å². The molecule has 1 aromatic rings. The summed E-state index contributed by atoms with van der Waals surface area (Å²) in [5.74, 6) is 0.315. The van der Waals surface area contributed by atoms with Gasteiger partial charge in [-0.15, -0.1) is 0 Å². The van der Waals surface area contributed by atoms with Gasteiger partial charge in [-0.1, -0.05) is 32.9 Å².